The molecular weight excluding hydrogens is 398 g/mol. The first-order valence-corrected chi connectivity index (χ1v) is 9.50. The third-order valence-corrected chi connectivity index (χ3v) is 4.89. The second-order valence-electron chi connectivity index (χ2n) is 7.77. The van der Waals surface area contributed by atoms with E-state index in [1.165, 1.54) is 37.4 Å². The molecule has 0 N–H and O–H groups in total. The maximum Gasteiger partial charge on any atom is 0.416 e. The number of benzene rings is 2. The average Bonchev–Trinajstić information content (AvgIpc) is 2.64. The lowest BCUT2D eigenvalue weighted by Crippen LogP contribution is -2.19. The maximum atomic E-state index is 14.8. The Kier molecular flexibility index (Phi) is 5.83. The molecule has 30 heavy (non-hydrogen) atoms. The highest BCUT2D eigenvalue weighted by atomic mass is 19.4. The summed E-state index contributed by atoms with van der Waals surface area (Å²) < 4.78 is 56.5. The summed E-state index contributed by atoms with van der Waals surface area (Å²) in [6, 6.07) is 7.45. The molecule has 3 rings (SSSR count). The molecule has 0 saturated carbocycles. The second-order valence-corrected chi connectivity index (χ2v) is 7.77. The number of Topliss-reactive ketones (excluding diaryl/α,β-unsaturated/α-hetero) is 1. The van der Waals surface area contributed by atoms with Crippen molar-refractivity contribution in [3.05, 3.63) is 80.9 Å². The van der Waals surface area contributed by atoms with Crippen LogP contribution in [0.15, 0.2) is 47.4 Å². The molecule has 0 fully saturated rings. The van der Waals surface area contributed by atoms with Crippen LogP contribution in [0.5, 0.6) is 0 Å². The molecule has 3 aromatic rings. The van der Waals surface area contributed by atoms with Crippen molar-refractivity contribution in [1.82, 2.24) is 4.57 Å². The SMILES string of the molecule is CC(=O)c1cn(CC(C)C)c2cc(Cc3ccccc3C(F)(F)F)c(F)cc2c1=O. The van der Waals surface area contributed by atoms with E-state index in [9.17, 15) is 27.2 Å². The molecule has 0 unspecified atom stereocenters. The van der Waals surface area contributed by atoms with Gasteiger partial charge < -0.3 is 4.57 Å². The van der Waals surface area contributed by atoms with Crippen molar-refractivity contribution >= 4 is 16.7 Å². The molecule has 0 radical (unpaired) electrons. The van der Waals surface area contributed by atoms with E-state index >= 15 is 0 Å². The predicted octanol–water partition coefficient (Wildman–Crippen LogP) is 5.61. The number of fused-ring (bicyclic) bond motifs is 1. The van der Waals surface area contributed by atoms with Gasteiger partial charge in [0.15, 0.2) is 11.2 Å². The fourth-order valence-corrected chi connectivity index (χ4v) is 3.54. The normalized spacial score (nSPS) is 12.0. The van der Waals surface area contributed by atoms with Gasteiger partial charge in [-0.25, -0.2) is 4.39 Å². The minimum atomic E-state index is -4.56. The third-order valence-electron chi connectivity index (χ3n) is 4.89. The Balaban J connectivity index is 2.22. The van der Waals surface area contributed by atoms with Crippen LogP contribution >= 0.6 is 0 Å². The van der Waals surface area contributed by atoms with Gasteiger partial charge in [-0.05, 0) is 42.2 Å². The van der Waals surface area contributed by atoms with Crippen LogP contribution in [-0.4, -0.2) is 10.4 Å². The van der Waals surface area contributed by atoms with Gasteiger partial charge in [0.2, 0.25) is 0 Å². The van der Waals surface area contributed by atoms with Crippen molar-refractivity contribution in [3.8, 4) is 0 Å². The van der Waals surface area contributed by atoms with Gasteiger partial charge in [-0.2, -0.15) is 13.2 Å². The van der Waals surface area contributed by atoms with E-state index < -0.39 is 28.8 Å². The summed E-state index contributed by atoms with van der Waals surface area (Å²) >= 11 is 0. The second kappa shape index (κ2) is 8.05. The monoisotopic (exact) mass is 419 g/mol. The number of nitrogens with zero attached hydrogens (tertiary/aromatic N) is 1. The van der Waals surface area contributed by atoms with Gasteiger partial charge in [0, 0.05) is 24.5 Å². The number of aromatic nitrogens is 1. The number of ketones is 1. The molecule has 0 saturated heterocycles. The molecule has 158 valence electrons. The molecular formula is C23H21F4NO2. The van der Waals surface area contributed by atoms with Gasteiger partial charge in [-0.1, -0.05) is 32.0 Å². The Morgan fingerprint density at radius 3 is 2.37 bits per heavy atom. The summed E-state index contributed by atoms with van der Waals surface area (Å²) in [5, 5.41) is 0.0358. The first kappa shape index (κ1) is 21.7. The lowest BCUT2D eigenvalue weighted by molar-refractivity contribution is -0.138. The number of hydrogen-bond donors (Lipinski definition) is 0. The molecule has 0 atom stereocenters. The number of halogens is 4. The summed E-state index contributed by atoms with van der Waals surface area (Å²) in [4.78, 5) is 24.5. The topological polar surface area (TPSA) is 39.1 Å². The lowest BCUT2D eigenvalue weighted by atomic mass is 9.97. The summed E-state index contributed by atoms with van der Waals surface area (Å²) in [5.74, 6) is -1.05. The Morgan fingerprint density at radius 2 is 1.77 bits per heavy atom. The molecule has 3 nitrogen and oxygen atoms in total. The van der Waals surface area contributed by atoms with Crippen molar-refractivity contribution < 1.29 is 22.4 Å². The lowest BCUT2D eigenvalue weighted by Gasteiger charge is -2.17. The molecule has 0 aliphatic heterocycles. The van der Waals surface area contributed by atoms with E-state index in [0.717, 1.165) is 12.1 Å². The summed E-state index contributed by atoms with van der Waals surface area (Å²) in [6.07, 6.45) is -3.39. The Hall–Kier alpha value is -2.96. The molecule has 0 aliphatic carbocycles. The molecule has 0 spiro atoms. The van der Waals surface area contributed by atoms with Gasteiger partial charge in [0.1, 0.15) is 5.82 Å². The zero-order valence-corrected chi connectivity index (χ0v) is 16.8. The fourth-order valence-electron chi connectivity index (χ4n) is 3.54. The summed E-state index contributed by atoms with van der Waals surface area (Å²) in [6.45, 7) is 5.62. The van der Waals surface area contributed by atoms with E-state index in [1.54, 1.807) is 4.57 Å². The van der Waals surface area contributed by atoms with Crippen LogP contribution in [0, 0.1) is 11.7 Å². The fraction of sp³-hybridized carbons (Fsp3) is 0.304. The molecule has 0 bridgehead atoms. The zero-order chi connectivity index (χ0) is 22.2. The average molecular weight is 419 g/mol. The van der Waals surface area contributed by atoms with Gasteiger partial charge in [-0.3, -0.25) is 9.59 Å². The summed E-state index contributed by atoms with van der Waals surface area (Å²) in [5.41, 5.74) is -1.07. The first-order chi connectivity index (χ1) is 14.0. The minimum Gasteiger partial charge on any atom is -0.346 e. The maximum absolute atomic E-state index is 14.8. The number of carbonyl (C=O) groups excluding carboxylic acids is 1. The van der Waals surface area contributed by atoms with Crippen molar-refractivity contribution in [3.63, 3.8) is 0 Å². The van der Waals surface area contributed by atoms with E-state index in [0.29, 0.717) is 12.1 Å². The Labute approximate surface area is 171 Å². The van der Waals surface area contributed by atoms with Gasteiger partial charge in [-0.15, -0.1) is 0 Å². The third kappa shape index (κ3) is 4.30. The minimum absolute atomic E-state index is 0.0358. The summed E-state index contributed by atoms with van der Waals surface area (Å²) in [7, 11) is 0. The van der Waals surface area contributed by atoms with Crippen LogP contribution in [0.25, 0.3) is 10.9 Å². The molecule has 0 aliphatic rings. The van der Waals surface area contributed by atoms with Crippen molar-refractivity contribution in [2.45, 2.75) is 39.9 Å². The Morgan fingerprint density at radius 1 is 1.10 bits per heavy atom. The van der Waals surface area contributed by atoms with E-state index in [1.807, 2.05) is 13.8 Å². The highest BCUT2D eigenvalue weighted by Crippen LogP contribution is 2.33. The molecule has 7 heteroatoms. The molecule has 1 aromatic heterocycles. The van der Waals surface area contributed by atoms with E-state index in [4.69, 9.17) is 0 Å². The number of alkyl halides is 3. The first-order valence-electron chi connectivity index (χ1n) is 9.50. The molecule has 2 aromatic carbocycles. The zero-order valence-electron chi connectivity index (χ0n) is 16.8. The standard InChI is InChI=1S/C23H21F4NO2/c1-13(2)11-28-12-18(14(3)29)22(30)17-10-20(24)16(9-21(17)28)8-15-6-4-5-7-19(15)23(25,26)27/h4-7,9-10,12-13H,8,11H2,1-3H3. The van der Waals surface area contributed by atoms with E-state index in [-0.39, 0.29) is 34.4 Å². The highest BCUT2D eigenvalue weighted by molar-refractivity contribution is 5.97. The quantitative estimate of drug-likeness (QED) is 0.398. The van der Waals surface area contributed by atoms with Crippen molar-refractivity contribution in [2.24, 2.45) is 5.92 Å². The molecule has 1 heterocycles. The van der Waals surface area contributed by atoms with E-state index in [2.05, 4.69) is 0 Å². The number of carbonyl (C=O) groups is 1. The predicted molar refractivity (Wildman–Crippen MR) is 107 cm³/mol. The van der Waals surface area contributed by atoms with Crippen molar-refractivity contribution in [2.75, 3.05) is 0 Å². The Bertz CT molecular complexity index is 1180. The van der Waals surface area contributed by atoms with Crippen molar-refractivity contribution in [1.29, 1.82) is 0 Å². The van der Waals surface area contributed by atoms with Crippen LogP contribution in [0.2, 0.25) is 0 Å². The number of rotatable bonds is 5. The van der Waals surface area contributed by atoms with Gasteiger partial charge in [0.25, 0.3) is 0 Å². The van der Waals surface area contributed by atoms with Gasteiger partial charge in [0.05, 0.1) is 16.6 Å². The van der Waals surface area contributed by atoms with Crippen LogP contribution in [0.3, 0.4) is 0 Å². The smallest absolute Gasteiger partial charge is 0.346 e. The number of hydrogen-bond acceptors (Lipinski definition) is 2. The van der Waals surface area contributed by atoms with Gasteiger partial charge >= 0.3 is 6.18 Å². The van der Waals surface area contributed by atoms with Crippen LogP contribution in [-0.2, 0) is 19.1 Å². The molecule has 0 amide bonds. The van der Waals surface area contributed by atoms with Crippen LogP contribution in [0.4, 0.5) is 17.6 Å². The van der Waals surface area contributed by atoms with Crippen LogP contribution in [0.1, 0.15) is 47.8 Å². The number of pyridine rings is 1. The highest BCUT2D eigenvalue weighted by Gasteiger charge is 2.33. The largest absolute Gasteiger partial charge is 0.416 e. The van der Waals surface area contributed by atoms with Crippen LogP contribution < -0.4 is 5.43 Å².